The third kappa shape index (κ3) is 3.16. The summed E-state index contributed by atoms with van der Waals surface area (Å²) in [5, 5.41) is 13.2. The number of hydrogen-bond donors (Lipinski definition) is 1. The van der Waals surface area contributed by atoms with Gasteiger partial charge in [-0.15, -0.1) is 10.2 Å². The van der Waals surface area contributed by atoms with Crippen molar-refractivity contribution >= 4 is 16.5 Å². The third-order valence-electron chi connectivity index (χ3n) is 2.22. The van der Waals surface area contributed by atoms with Gasteiger partial charge in [0.2, 0.25) is 5.13 Å². The second-order valence-corrected chi connectivity index (χ2v) is 4.66. The van der Waals surface area contributed by atoms with E-state index >= 15 is 0 Å². The minimum absolute atomic E-state index is 0.630. The summed E-state index contributed by atoms with van der Waals surface area (Å²) in [7, 11) is 0. The number of nitrogens with one attached hydrogen (secondary N) is 1. The molecule has 0 bridgehead atoms. The van der Waals surface area contributed by atoms with Crippen molar-refractivity contribution in [1.82, 2.24) is 15.2 Å². The zero-order chi connectivity index (χ0) is 12.8. The summed E-state index contributed by atoms with van der Waals surface area (Å²) in [4.78, 5) is 4.14. The highest BCUT2D eigenvalue weighted by Crippen LogP contribution is 2.27. The van der Waals surface area contributed by atoms with Gasteiger partial charge in [-0.25, -0.2) is 0 Å². The molecule has 0 aliphatic rings. The van der Waals surface area contributed by atoms with Crippen molar-refractivity contribution < 1.29 is 4.74 Å². The van der Waals surface area contributed by atoms with Gasteiger partial charge in [0, 0.05) is 18.3 Å². The van der Waals surface area contributed by atoms with Crippen molar-refractivity contribution in [2.24, 2.45) is 0 Å². The molecule has 2 aromatic rings. The molecule has 96 valence electrons. The molecule has 0 atom stereocenters. The Balaban J connectivity index is 2.15. The Morgan fingerprint density at radius 2 is 2.17 bits per heavy atom. The molecule has 2 heterocycles. The highest BCUT2D eigenvalue weighted by molar-refractivity contribution is 7.18. The lowest BCUT2D eigenvalue weighted by molar-refractivity contribution is 0.339. The predicted molar refractivity (Wildman–Crippen MR) is 73.1 cm³/mol. The van der Waals surface area contributed by atoms with Crippen molar-refractivity contribution in [2.75, 3.05) is 18.5 Å². The van der Waals surface area contributed by atoms with Gasteiger partial charge < -0.3 is 10.1 Å². The van der Waals surface area contributed by atoms with Crippen molar-refractivity contribution in [1.29, 1.82) is 0 Å². The van der Waals surface area contributed by atoms with E-state index in [-0.39, 0.29) is 0 Å². The fraction of sp³-hybridized carbons (Fsp3) is 0.417. The van der Waals surface area contributed by atoms with Gasteiger partial charge in [0.1, 0.15) is 5.75 Å². The number of rotatable bonds is 6. The van der Waals surface area contributed by atoms with Crippen molar-refractivity contribution in [3.63, 3.8) is 0 Å². The largest absolute Gasteiger partial charge is 0.492 e. The Hall–Kier alpha value is -1.69. The van der Waals surface area contributed by atoms with Crippen LogP contribution in [-0.4, -0.2) is 28.3 Å². The molecule has 0 spiro atoms. The Bertz CT molecular complexity index is 500. The van der Waals surface area contributed by atoms with Crippen molar-refractivity contribution in [3.05, 3.63) is 18.5 Å². The van der Waals surface area contributed by atoms with Crippen molar-refractivity contribution in [3.8, 4) is 16.3 Å². The summed E-state index contributed by atoms with van der Waals surface area (Å²) in [6.45, 7) is 5.60. The van der Waals surface area contributed by atoms with Crippen LogP contribution in [0.3, 0.4) is 0 Å². The van der Waals surface area contributed by atoms with E-state index in [0.717, 1.165) is 34.4 Å². The van der Waals surface area contributed by atoms with Crippen LogP contribution >= 0.6 is 11.3 Å². The summed E-state index contributed by atoms with van der Waals surface area (Å²) in [5.74, 6) is 0.758. The lowest BCUT2D eigenvalue weighted by Crippen LogP contribution is -1.98. The summed E-state index contributed by atoms with van der Waals surface area (Å²) in [5.41, 5.74) is 0.933. The van der Waals surface area contributed by atoms with Crippen LogP contribution < -0.4 is 10.1 Å². The lowest BCUT2D eigenvalue weighted by Gasteiger charge is -2.02. The van der Waals surface area contributed by atoms with E-state index in [1.54, 1.807) is 12.4 Å². The molecule has 0 saturated carbocycles. The topological polar surface area (TPSA) is 59.9 Å². The molecule has 0 amide bonds. The molecule has 6 heteroatoms. The van der Waals surface area contributed by atoms with E-state index in [1.807, 2.05) is 13.0 Å². The molecule has 0 unspecified atom stereocenters. The average Bonchev–Trinajstić information content (AvgIpc) is 2.86. The Kier molecular flexibility index (Phi) is 4.46. The van der Waals surface area contributed by atoms with E-state index in [0.29, 0.717) is 6.61 Å². The van der Waals surface area contributed by atoms with Crippen molar-refractivity contribution in [2.45, 2.75) is 20.3 Å². The first kappa shape index (κ1) is 12.8. The highest BCUT2D eigenvalue weighted by Gasteiger charge is 2.07. The van der Waals surface area contributed by atoms with Crippen LogP contribution in [0, 0.1) is 0 Å². The van der Waals surface area contributed by atoms with Gasteiger partial charge in [-0.05, 0) is 19.4 Å². The monoisotopic (exact) mass is 264 g/mol. The molecule has 2 rings (SSSR count). The molecule has 18 heavy (non-hydrogen) atoms. The summed E-state index contributed by atoms with van der Waals surface area (Å²) < 4.78 is 5.42. The molecule has 0 fully saturated rings. The number of nitrogens with zero attached hydrogens (tertiary/aromatic N) is 3. The molecule has 0 aliphatic carbocycles. The van der Waals surface area contributed by atoms with Crippen LogP contribution in [0.15, 0.2) is 18.5 Å². The smallest absolute Gasteiger partial charge is 0.206 e. The van der Waals surface area contributed by atoms with Gasteiger partial charge >= 0.3 is 0 Å². The van der Waals surface area contributed by atoms with Crippen LogP contribution in [0.5, 0.6) is 5.75 Å². The molecular weight excluding hydrogens is 248 g/mol. The zero-order valence-corrected chi connectivity index (χ0v) is 11.3. The van der Waals surface area contributed by atoms with Gasteiger partial charge in [0.15, 0.2) is 5.01 Å². The highest BCUT2D eigenvalue weighted by atomic mass is 32.1. The number of pyridine rings is 1. The Morgan fingerprint density at radius 1 is 1.28 bits per heavy atom. The summed E-state index contributed by atoms with van der Waals surface area (Å²) >= 11 is 1.52. The molecule has 5 nitrogen and oxygen atoms in total. The minimum atomic E-state index is 0.630. The summed E-state index contributed by atoms with van der Waals surface area (Å²) in [6.07, 6.45) is 4.53. The predicted octanol–water partition coefficient (Wildman–Crippen LogP) is 2.82. The number of anilines is 1. The molecule has 0 aliphatic heterocycles. The second-order valence-electron chi connectivity index (χ2n) is 3.68. The Morgan fingerprint density at radius 3 is 2.94 bits per heavy atom. The van der Waals surface area contributed by atoms with E-state index in [1.165, 1.54) is 11.3 Å². The molecule has 1 N–H and O–H groups in total. The molecule has 2 aromatic heterocycles. The number of ether oxygens (including phenoxy) is 1. The SMILES string of the molecule is CCCNc1nnc(-c2cncc(OCC)c2)s1. The van der Waals surface area contributed by atoms with E-state index in [2.05, 4.69) is 27.4 Å². The van der Waals surface area contributed by atoms with Gasteiger partial charge in [0.05, 0.1) is 12.8 Å². The fourth-order valence-electron chi connectivity index (χ4n) is 1.42. The van der Waals surface area contributed by atoms with Crippen LogP contribution in [0.25, 0.3) is 10.6 Å². The molecule has 0 radical (unpaired) electrons. The van der Waals surface area contributed by atoms with Gasteiger partial charge in [-0.3, -0.25) is 4.98 Å². The van der Waals surface area contributed by atoms with Crippen LogP contribution in [0.2, 0.25) is 0 Å². The van der Waals surface area contributed by atoms with Crippen LogP contribution in [-0.2, 0) is 0 Å². The first-order valence-electron chi connectivity index (χ1n) is 5.99. The number of aromatic nitrogens is 3. The standard InChI is InChI=1S/C12H16N4OS/c1-3-5-14-12-16-15-11(18-12)9-6-10(17-4-2)8-13-7-9/h6-8H,3-5H2,1-2H3,(H,14,16). The lowest BCUT2D eigenvalue weighted by atomic mass is 10.3. The second kappa shape index (κ2) is 6.30. The first-order valence-corrected chi connectivity index (χ1v) is 6.80. The van der Waals surface area contributed by atoms with Gasteiger partial charge in [-0.2, -0.15) is 0 Å². The minimum Gasteiger partial charge on any atom is -0.492 e. The van der Waals surface area contributed by atoms with Crippen LogP contribution in [0.4, 0.5) is 5.13 Å². The Labute approximate surface area is 110 Å². The third-order valence-corrected chi connectivity index (χ3v) is 3.15. The maximum Gasteiger partial charge on any atom is 0.206 e. The fourth-order valence-corrected chi connectivity index (χ4v) is 2.17. The maximum atomic E-state index is 5.42. The van der Waals surface area contributed by atoms with E-state index in [9.17, 15) is 0 Å². The quantitative estimate of drug-likeness (QED) is 0.869. The maximum absolute atomic E-state index is 5.42. The van der Waals surface area contributed by atoms with E-state index in [4.69, 9.17) is 4.74 Å². The molecule has 0 saturated heterocycles. The van der Waals surface area contributed by atoms with E-state index < -0.39 is 0 Å². The normalized spacial score (nSPS) is 10.3. The first-order chi connectivity index (χ1) is 8.83. The summed E-state index contributed by atoms with van der Waals surface area (Å²) in [6, 6.07) is 1.93. The molecule has 0 aromatic carbocycles. The molecular formula is C12H16N4OS. The van der Waals surface area contributed by atoms with Gasteiger partial charge in [-0.1, -0.05) is 18.3 Å². The number of hydrogen-bond acceptors (Lipinski definition) is 6. The zero-order valence-electron chi connectivity index (χ0n) is 10.5. The van der Waals surface area contributed by atoms with Gasteiger partial charge in [0.25, 0.3) is 0 Å². The average molecular weight is 264 g/mol. The van der Waals surface area contributed by atoms with Crippen LogP contribution in [0.1, 0.15) is 20.3 Å².